The number of rotatable bonds is 3. The van der Waals surface area contributed by atoms with Crippen LogP contribution in [-0.4, -0.2) is 17.6 Å². The van der Waals surface area contributed by atoms with Crippen molar-refractivity contribution >= 4 is 22.3 Å². The van der Waals surface area contributed by atoms with Crippen molar-refractivity contribution in [2.45, 2.75) is 6.92 Å². The van der Waals surface area contributed by atoms with Gasteiger partial charge in [-0.05, 0) is 23.9 Å². The van der Waals surface area contributed by atoms with Crippen LogP contribution in [0.5, 0.6) is 0 Å². The minimum atomic E-state index is -0.837. The summed E-state index contributed by atoms with van der Waals surface area (Å²) in [6, 6.07) is 1.92. The van der Waals surface area contributed by atoms with Gasteiger partial charge in [0.25, 0.3) is 0 Å². The number of aryl methyl sites for hydroxylation is 1. The van der Waals surface area contributed by atoms with Crippen LogP contribution in [0.3, 0.4) is 0 Å². The molecule has 0 bridgehead atoms. The molecule has 2 N–H and O–H groups in total. The van der Waals surface area contributed by atoms with Crippen molar-refractivity contribution in [1.82, 2.24) is 0 Å². The predicted octanol–water partition coefficient (Wildman–Crippen LogP) is 1.55. The first-order valence-corrected chi connectivity index (χ1v) is 4.07. The number of hydrogen-bond donors (Lipinski definition) is 2. The first-order valence-electron chi connectivity index (χ1n) is 3.19. The second-order valence-corrected chi connectivity index (χ2v) is 3.15. The number of carboxylic acid groups (broad SMARTS) is 1. The van der Waals surface area contributed by atoms with Crippen molar-refractivity contribution in [3.8, 4) is 0 Å². The van der Waals surface area contributed by atoms with Gasteiger partial charge in [-0.1, -0.05) is 0 Å². The first-order chi connectivity index (χ1) is 5.18. The van der Waals surface area contributed by atoms with Gasteiger partial charge in [0.1, 0.15) is 6.54 Å². The second-order valence-electron chi connectivity index (χ2n) is 2.24. The predicted molar refractivity (Wildman–Crippen MR) is 45.2 cm³/mol. The molecule has 0 saturated carbocycles. The maximum absolute atomic E-state index is 10.1. The van der Waals surface area contributed by atoms with E-state index in [9.17, 15) is 4.79 Å². The van der Waals surface area contributed by atoms with Crippen LogP contribution in [0.1, 0.15) is 5.56 Å². The molecule has 0 fully saturated rings. The lowest BCUT2D eigenvalue weighted by molar-refractivity contribution is -0.134. The molecule has 0 radical (unpaired) electrons. The van der Waals surface area contributed by atoms with Gasteiger partial charge in [-0.2, -0.15) is 0 Å². The number of anilines is 1. The highest BCUT2D eigenvalue weighted by molar-refractivity contribution is 7.14. The van der Waals surface area contributed by atoms with Gasteiger partial charge in [0.15, 0.2) is 0 Å². The smallest absolute Gasteiger partial charge is 0.322 e. The molecule has 0 amide bonds. The van der Waals surface area contributed by atoms with Crippen LogP contribution in [0.4, 0.5) is 5.00 Å². The fourth-order valence-corrected chi connectivity index (χ4v) is 1.48. The fraction of sp³-hybridized carbons (Fsp3) is 0.286. The highest BCUT2D eigenvalue weighted by Crippen LogP contribution is 2.18. The topological polar surface area (TPSA) is 49.3 Å². The van der Waals surface area contributed by atoms with E-state index >= 15 is 0 Å². The molecule has 0 aliphatic carbocycles. The van der Waals surface area contributed by atoms with Crippen LogP contribution in [-0.2, 0) is 4.79 Å². The number of hydrogen-bond acceptors (Lipinski definition) is 3. The van der Waals surface area contributed by atoms with Crippen LogP contribution in [0.15, 0.2) is 11.4 Å². The number of carboxylic acids is 1. The fourth-order valence-electron chi connectivity index (χ4n) is 0.687. The molecule has 0 atom stereocenters. The molecule has 60 valence electrons. The summed E-state index contributed by atoms with van der Waals surface area (Å²) in [5, 5.41) is 14.0. The van der Waals surface area contributed by atoms with Gasteiger partial charge in [-0.3, -0.25) is 4.79 Å². The Morgan fingerprint density at radius 1 is 1.82 bits per heavy atom. The van der Waals surface area contributed by atoms with E-state index in [4.69, 9.17) is 5.11 Å². The molecule has 0 aliphatic heterocycles. The third kappa shape index (κ3) is 2.59. The average molecular weight is 171 g/mol. The molecule has 0 aromatic carbocycles. The average Bonchev–Trinajstić information content (AvgIpc) is 2.31. The van der Waals surface area contributed by atoms with Gasteiger partial charge in [0, 0.05) is 0 Å². The summed E-state index contributed by atoms with van der Waals surface area (Å²) in [5.41, 5.74) is 1.16. The zero-order valence-electron chi connectivity index (χ0n) is 6.13. The molecular formula is C7H9NO2S. The standard InChI is InChI=1S/C7H9NO2S/c1-5-2-6(11-4-5)8-3-7(9)10/h2,4,8H,3H2,1H3,(H,9,10). The quantitative estimate of drug-likeness (QED) is 0.725. The maximum Gasteiger partial charge on any atom is 0.322 e. The molecular weight excluding hydrogens is 162 g/mol. The molecule has 1 aromatic heterocycles. The number of nitrogens with one attached hydrogen (secondary N) is 1. The minimum Gasteiger partial charge on any atom is -0.480 e. The number of aliphatic carboxylic acids is 1. The van der Waals surface area contributed by atoms with Crippen LogP contribution in [0.2, 0.25) is 0 Å². The van der Waals surface area contributed by atoms with E-state index in [2.05, 4.69) is 5.32 Å². The summed E-state index contributed by atoms with van der Waals surface area (Å²) in [5.74, 6) is -0.837. The van der Waals surface area contributed by atoms with E-state index in [1.807, 2.05) is 18.4 Å². The molecule has 1 aromatic rings. The third-order valence-corrected chi connectivity index (χ3v) is 2.15. The molecule has 0 saturated heterocycles. The van der Waals surface area contributed by atoms with Gasteiger partial charge < -0.3 is 10.4 Å². The molecule has 0 aliphatic rings. The minimum absolute atomic E-state index is 0.0139. The summed E-state index contributed by atoms with van der Waals surface area (Å²) in [6.07, 6.45) is 0. The number of thiophene rings is 1. The van der Waals surface area contributed by atoms with Crippen LogP contribution < -0.4 is 5.32 Å². The Balaban J connectivity index is 2.45. The molecule has 11 heavy (non-hydrogen) atoms. The molecule has 1 rings (SSSR count). The van der Waals surface area contributed by atoms with Crippen molar-refractivity contribution in [1.29, 1.82) is 0 Å². The monoisotopic (exact) mass is 171 g/mol. The Kier molecular flexibility index (Phi) is 2.48. The maximum atomic E-state index is 10.1. The summed E-state index contributed by atoms with van der Waals surface area (Å²) in [7, 11) is 0. The third-order valence-electron chi connectivity index (χ3n) is 1.14. The van der Waals surface area contributed by atoms with Crippen molar-refractivity contribution in [2.24, 2.45) is 0 Å². The molecule has 0 unspecified atom stereocenters. The van der Waals surface area contributed by atoms with E-state index < -0.39 is 5.97 Å². The van der Waals surface area contributed by atoms with Gasteiger partial charge in [-0.25, -0.2) is 0 Å². The normalized spacial score (nSPS) is 9.55. The SMILES string of the molecule is Cc1csc(NCC(=O)O)c1. The molecule has 0 spiro atoms. The van der Waals surface area contributed by atoms with Crippen molar-refractivity contribution in [3.63, 3.8) is 0 Å². The van der Waals surface area contributed by atoms with E-state index in [1.165, 1.54) is 11.3 Å². The van der Waals surface area contributed by atoms with Crippen LogP contribution in [0.25, 0.3) is 0 Å². The van der Waals surface area contributed by atoms with E-state index in [1.54, 1.807) is 0 Å². The molecule has 3 nitrogen and oxygen atoms in total. The highest BCUT2D eigenvalue weighted by atomic mass is 32.1. The molecule has 1 heterocycles. The van der Waals surface area contributed by atoms with Crippen molar-refractivity contribution in [3.05, 3.63) is 17.0 Å². The molecule has 4 heteroatoms. The largest absolute Gasteiger partial charge is 0.480 e. The zero-order chi connectivity index (χ0) is 8.27. The highest BCUT2D eigenvalue weighted by Gasteiger charge is 1.97. The second kappa shape index (κ2) is 3.39. The number of carbonyl (C=O) groups is 1. The Labute approximate surface area is 68.7 Å². The van der Waals surface area contributed by atoms with Crippen molar-refractivity contribution < 1.29 is 9.90 Å². The van der Waals surface area contributed by atoms with E-state index in [0.29, 0.717) is 0 Å². The van der Waals surface area contributed by atoms with Crippen LogP contribution in [0, 0.1) is 6.92 Å². The summed E-state index contributed by atoms with van der Waals surface area (Å²) >= 11 is 1.52. The van der Waals surface area contributed by atoms with E-state index in [0.717, 1.165) is 10.6 Å². The van der Waals surface area contributed by atoms with Crippen LogP contribution >= 0.6 is 11.3 Å². The van der Waals surface area contributed by atoms with Gasteiger partial charge in [0.05, 0.1) is 5.00 Å². The van der Waals surface area contributed by atoms with E-state index in [-0.39, 0.29) is 6.54 Å². The Morgan fingerprint density at radius 2 is 2.55 bits per heavy atom. The summed E-state index contributed by atoms with van der Waals surface area (Å²) in [6.45, 7) is 1.96. The first kappa shape index (κ1) is 8.07. The lowest BCUT2D eigenvalue weighted by Gasteiger charge is -1.96. The van der Waals surface area contributed by atoms with Gasteiger partial charge >= 0.3 is 5.97 Å². The van der Waals surface area contributed by atoms with Gasteiger partial charge in [-0.15, -0.1) is 11.3 Å². The van der Waals surface area contributed by atoms with Gasteiger partial charge in [0.2, 0.25) is 0 Å². The lowest BCUT2D eigenvalue weighted by atomic mass is 10.4. The zero-order valence-corrected chi connectivity index (χ0v) is 6.94. The Bertz CT molecular complexity index is 257. The Morgan fingerprint density at radius 3 is 3.00 bits per heavy atom. The summed E-state index contributed by atoms with van der Waals surface area (Å²) < 4.78 is 0. The lowest BCUT2D eigenvalue weighted by Crippen LogP contribution is -2.11. The van der Waals surface area contributed by atoms with Crippen molar-refractivity contribution in [2.75, 3.05) is 11.9 Å². The summed E-state index contributed by atoms with van der Waals surface area (Å²) in [4.78, 5) is 10.1. The Hall–Kier alpha value is -1.03.